The first kappa shape index (κ1) is 17.7. The van der Waals surface area contributed by atoms with Gasteiger partial charge in [-0.2, -0.15) is 0 Å². The predicted molar refractivity (Wildman–Crippen MR) is 92.3 cm³/mol. The molecule has 3 N–H and O–H groups in total. The number of hydrogen-bond acceptors (Lipinski definition) is 4. The largest absolute Gasteiger partial charge is 0.484 e. The van der Waals surface area contributed by atoms with Gasteiger partial charge in [0, 0.05) is 23.4 Å². The van der Waals surface area contributed by atoms with Crippen molar-refractivity contribution in [2.24, 2.45) is 0 Å². The standard InChI is InChI=1S/C16H17BrN4O3/c17-13-3-5-14(6-4-13)24-11-15(22)20-21-16(23)19-9-7-12-2-1-8-18-10-12/h1-6,8,10H,7,9,11H2,(H,20,22)(H2,19,21,23). The van der Waals surface area contributed by atoms with Crippen molar-refractivity contribution < 1.29 is 14.3 Å². The monoisotopic (exact) mass is 392 g/mol. The Bertz CT molecular complexity index is 665. The summed E-state index contributed by atoms with van der Waals surface area (Å²) in [7, 11) is 0. The van der Waals surface area contributed by atoms with Crippen LogP contribution in [0.15, 0.2) is 53.3 Å². The fraction of sp³-hybridized carbons (Fsp3) is 0.188. The van der Waals surface area contributed by atoms with Crippen LogP contribution in [0.4, 0.5) is 4.79 Å². The maximum Gasteiger partial charge on any atom is 0.333 e. The number of halogens is 1. The second kappa shape index (κ2) is 9.51. The van der Waals surface area contributed by atoms with E-state index in [-0.39, 0.29) is 6.61 Å². The lowest BCUT2D eigenvalue weighted by Gasteiger charge is -2.10. The molecule has 0 saturated heterocycles. The lowest BCUT2D eigenvalue weighted by molar-refractivity contribution is -0.123. The highest BCUT2D eigenvalue weighted by molar-refractivity contribution is 9.10. The van der Waals surface area contributed by atoms with Crippen molar-refractivity contribution in [1.82, 2.24) is 21.2 Å². The number of nitrogens with zero attached hydrogens (tertiary/aromatic N) is 1. The Balaban J connectivity index is 1.59. The first-order chi connectivity index (χ1) is 11.6. The third-order valence-electron chi connectivity index (χ3n) is 2.92. The first-order valence-electron chi connectivity index (χ1n) is 7.23. The topological polar surface area (TPSA) is 92.4 Å². The van der Waals surface area contributed by atoms with E-state index in [9.17, 15) is 9.59 Å². The average Bonchev–Trinajstić information content (AvgIpc) is 2.60. The van der Waals surface area contributed by atoms with E-state index >= 15 is 0 Å². The van der Waals surface area contributed by atoms with Crippen molar-refractivity contribution in [3.8, 4) is 5.75 Å². The molecule has 0 aliphatic carbocycles. The van der Waals surface area contributed by atoms with Gasteiger partial charge >= 0.3 is 6.03 Å². The van der Waals surface area contributed by atoms with Crippen LogP contribution in [-0.4, -0.2) is 30.1 Å². The zero-order chi connectivity index (χ0) is 17.2. The summed E-state index contributed by atoms with van der Waals surface area (Å²) >= 11 is 3.31. The summed E-state index contributed by atoms with van der Waals surface area (Å²) in [5.41, 5.74) is 5.54. The first-order valence-corrected chi connectivity index (χ1v) is 8.03. The SMILES string of the molecule is O=C(COc1ccc(Br)cc1)NNC(=O)NCCc1cccnc1. The fourth-order valence-electron chi connectivity index (χ4n) is 1.75. The van der Waals surface area contributed by atoms with Gasteiger partial charge in [-0.25, -0.2) is 10.2 Å². The molecule has 2 aromatic rings. The molecule has 0 fully saturated rings. The second-order valence-electron chi connectivity index (χ2n) is 4.78. The maximum atomic E-state index is 11.6. The Morgan fingerprint density at radius 3 is 2.62 bits per heavy atom. The molecule has 24 heavy (non-hydrogen) atoms. The Labute approximate surface area is 147 Å². The Morgan fingerprint density at radius 1 is 1.12 bits per heavy atom. The van der Waals surface area contributed by atoms with Gasteiger partial charge in [-0.05, 0) is 42.3 Å². The van der Waals surface area contributed by atoms with Crippen molar-refractivity contribution in [3.05, 3.63) is 58.8 Å². The molecule has 1 aromatic heterocycles. The van der Waals surface area contributed by atoms with E-state index in [0.29, 0.717) is 18.7 Å². The van der Waals surface area contributed by atoms with Crippen molar-refractivity contribution in [2.75, 3.05) is 13.2 Å². The molecule has 1 aromatic carbocycles. The zero-order valence-electron chi connectivity index (χ0n) is 12.8. The Kier molecular flexibility index (Phi) is 7.03. The molecule has 0 aliphatic rings. The molecule has 1 heterocycles. The Hall–Kier alpha value is -2.61. The molecular weight excluding hydrogens is 376 g/mol. The molecule has 2 rings (SSSR count). The third-order valence-corrected chi connectivity index (χ3v) is 3.45. The van der Waals surface area contributed by atoms with Gasteiger partial charge in [0.2, 0.25) is 0 Å². The van der Waals surface area contributed by atoms with Crippen molar-refractivity contribution >= 4 is 27.9 Å². The van der Waals surface area contributed by atoms with Gasteiger partial charge in [-0.15, -0.1) is 0 Å². The number of ether oxygens (including phenoxy) is 1. The van der Waals surface area contributed by atoms with E-state index in [1.54, 1.807) is 36.7 Å². The molecule has 126 valence electrons. The number of aromatic nitrogens is 1. The number of carbonyl (C=O) groups excluding carboxylic acids is 2. The van der Waals surface area contributed by atoms with Crippen LogP contribution in [0.25, 0.3) is 0 Å². The van der Waals surface area contributed by atoms with Gasteiger partial charge in [0.05, 0.1) is 0 Å². The lowest BCUT2D eigenvalue weighted by Crippen LogP contribution is -2.48. The molecule has 3 amide bonds. The minimum absolute atomic E-state index is 0.197. The fourth-order valence-corrected chi connectivity index (χ4v) is 2.02. The molecule has 0 atom stereocenters. The number of pyridine rings is 1. The van der Waals surface area contributed by atoms with E-state index in [0.717, 1.165) is 10.0 Å². The predicted octanol–water partition coefficient (Wildman–Crippen LogP) is 1.80. The van der Waals surface area contributed by atoms with E-state index in [4.69, 9.17) is 4.74 Å². The molecule has 0 aliphatic heterocycles. The number of hydrogen-bond donors (Lipinski definition) is 3. The van der Waals surface area contributed by atoms with Crippen LogP contribution in [0.3, 0.4) is 0 Å². The summed E-state index contributed by atoms with van der Waals surface area (Å²) in [6, 6.07) is 10.3. The van der Waals surface area contributed by atoms with Crippen LogP contribution in [-0.2, 0) is 11.2 Å². The maximum absolute atomic E-state index is 11.6. The summed E-state index contributed by atoms with van der Waals surface area (Å²) < 4.78 is 6.20. The van der Waals surface area contributed by atoms with Crippen molar-refractivity contribution in [2.45, 2.75) is 6.42 Å². The van der Waals surface area contributed by atoms with Crippen molar-refractivity contribution in [3.63, 3.8) is 0 Å². The molecule has 0 radical (unpaired) electrons. The van der Waals surface area contributed by atoms with Crippen LogP contribution < -0.4 is 20.9 Å². The minimum atomic E-state index is -0.490. The van der Waals surface area contributed by atoms with Gasteiger partial charge in [-0.1, -0.05) is 22.0 Å². The summed E-state index contributed by atoms with van der Waals surface area (Å²) in [6.07, 6.45) is 4.08. The molecule has 0 saturated carbocycles. The highest BCUT2D eigenvalue weighted by atomic mass is 79.9. The summed E-state index contributed by atoms with van der Waals surface area (Å²) in [5, 5.41) is 2.63. The van der Waals surface area contributed by atoms with Crippen LogP contribution in [0.2, 0.25) is 0 Å². The highest BCUT2D eigenvalue weighted by Gasteiger charge is 2.05. The van der Waals surface area contributed by atoms with Crippen LogP contribution >= 0.6 is 15.9 Å². The van der Waals surface area contributed by atoms with E-state index in [1.807, 2.05) is 12.1 Å². The number of amides is 3. The summed E-state index contributed by atoms with van der Waals surface area (Å²) in [6.45, 7) is 0.236. The smallest absolute Gasteiger partial charge is 0.333 e. The number of carbonyl (C=O) groups is 2. The van der Waals surface area contributed by atoms with Crippen LogP contribution in [0, 0.1) is 0 Å². The lowest BCUT2D eigenvalue weighted by atomic mass is 10.2. The summed E-state index contributed by atoms with van der Waals surface area (Å²) in [5.74, 6) is 0.106. The summed E-state index contributed by atoms with van der Waals surface area (Å²) in [4.78, 5) is 27.1. The van der Waals surface area contributed by atoms with Gasteiger partial charge in [0.25, 0.3) is 5.91 Å². The number of urea groups is 1. The number of rotatable bonds is 6. The number of hydrazine groups is 1. The molecule has 0 bridgehead atoms. The van der Waals surface area contributed by atoms with Crippen LogP contribution in [0.1, 0.15) is 5.56 Å². The minimum Gasteiger partial charge on any atom is -0.484 e. The van der Waals surface area contributed by atoms with Gasteiger partial charge in [-0.3, -0.25) is 15.2 Å². The van der Waals surface area contributed by atoms with E-state index in [2.05, 4.69) is 37.1 Å². The molecule has 0 unspecified atom stereocenters. The normalized spacial score (nSPS) is 9.88. The molecule has 7 nitrogen and oxygen atoms in total. The average molecular weight is 393 g/mol. The molecule has 0 spiro atoms. The highest BCUT2D eigenvalue weighted by Crippen LogP contribution is 2.15. The van der Waals surface area contributed by atoms with E-state index < -0.39 is 11.9 Å². The van der Waals surface area contributed by atoms with E-state index in [1.165, 1.54) is 0 Å². The van der Waals surface area contributed by atoms with Gasteiger partial charge < -0.3 is 10.1 Å². The quantitative estimate of drug-likeness (QED) is 0.653. The number of nitrogens with one attached hydrogen (secondary N) is 3. The van der Waals surface area contributed by atoms with Gasteiger partial charge in [0.15, 0.2) is 6.61 Å². The van der Waals surface area contributed by atoms with Crippen molar-refractivity contribution in [1.29, 1.82) is 0 Å². The molecular formula is C16H17BrN4O3. The number of benzene rings is 1. The Morgan fingerprint density at radius 2 is 1.92 bits per heavy atom. The zero-order valence-corrected chi connectivity index (χ0v) is 14.4. The van der Waals surface area contributed by atoms with Gasteiger partial charge in [0.1, 0.15) is 5.75 Å². The van der Waals surface area contributed by atoms with Crippen LogP contribution in [0.5, 0.6) is 5.75 Å². The molecule has 8 heteroatoms. The second-order valence-corrected chi connectivity index (χ2v) is 5.70. The third kappa shape index (κ3) is 6.66.